The summed E-state index contributed by atoms with van der Waals surface area (Å²) in [6.45, 7) is 1.69. The van der Waals surface area contributed by atoms with Crippen LogP contribution in [0.15, 0.2) is 47.4 Å². The lowest BCUT2D eigenvalue weighted by Crippen LogP contribution is -2.27. The molecule has 2 aromatic rings. The molecule has 0 N–H and O–H groups in total. The predicted molar refractivity (Wildman–Crippen MR) is 103 cm³/mol. The highest BCUT2D eigenvalue weighted by Crippen LogP contribution is 2.40. The highest BCUT2D eigenvalue weighted by atomic mass is 35.5. The van der Waals surface area contributed by atoms with Crippen molar-refractivity contribution in [2.24, 2.45) is 0 Å². The van der Waals surface area contributed by atoms with Crippen LogP contribution in [0.5, 0.6) is 0 Å². The number of hydrogen-bond acceptors (Lipinski definition) is 5. The van der Waals surface area contributed by atoms with Crippen molar-refractivity contribution in [2.75, 3.05) is 4.90 Å². The average molecular weight is 409 g/mol. The molecule has 9 heteroatoms. The maximum Gasteiger partial charge on any atom is 0.298 e. The molecule has 2 aromatic carbocycles. The number of nitro benzene ring substituents is 1. The number of amides is 2. The first-order chi connectivity index (χ1) is 12.3. The average Bonchev–Trinajstić information content (AvgIpc) is 2.91. The van der Waals surface area contributed by atoms with E-state index in [1.807, 2.05) is 0 Å². The largest absolute Gasteiger partial charge is 0.298 e. The molecule has 6 nitrogen and oxygen atoms in total. The Morgan fingerprint density at radius 2 is 1.73 bits per heavy atom. The van der Waals surface area contributed by atoms with Crippen LogP contribution in [0.4, 0.5) is 16.2 Å². The van der Waals surface area contributed by atoms with Gasteiger partial charge in [-0.25, -0.2) is 4.90 Å². The van der Waals surface area contributed by atoms with Crippen LogP contribution in [0, 0.1) is 10.1 Å². The Hall–Kier alpha value is -2.35. The molecule has 1 fully saturated rings. The topological polar surface area (TPSA) is 80.5 Å². The summed E-state index contributed by atoms with van der Waals surface area (Å²) < 4.78 is 0. The summed E-state index contributed by atoms with van der Waals surface area (Å²) >= 11 is 12.6. The summed E-state index contributed by atoms with van der Waals surface area (Å²) in [5.41, 5.74) is 1.46. The zero-order chi connectivity index (χ0) is 19.0. The van der Waals surface area contributed by atoms with E-state index >= 15 is 0 Å². The van der Waals surface area contributed by atoms with Crippen molar-refractivity contribution in [3.05, 3.63) is 73.1 Å². The Labute approximate surface area is 162 Å². The molecule has 1 heterocycles. The molecular formula is C17H10Cl2N2O4S. The van der Waals surface area contributed by atoms with Gasteiger partial charge in [-0.05, 0) is 60.2 Å². The van der Waals surface area contributed by atoms with Crippen molar-refractivity contribution in [3.63, 3.8) is 0 Å². The Morgan fingerprint density at radius 3 is 2.31 bits per heavy atom. The molecule has 0 aliphatic carbocycles. The first kappa shape index (κ1) is 18.4. The van der Waals surface area contributed by atoms with Gasteiger partial charge in [-0.2, -0.15) is 0 Å². The van der Waals surface area contributed by atoms with E-state index in [9.17, 15) is 19.7 Å². The zero-order valence-electron chi connectivity index (χ0n) is 13.2. The summed E-state index contributed by atoms with van der Waals surface area (Å²) in [5, 5.41) is 10.8. The molecule has 0 unspecified atom stereocenters. The standard InChI is InChI=1S/C17H10Cl2N2O4S/c1-9(10-2-4-11(5-3-10)21(24)25)15-16(22)20(17(23)26-15)12-6-7-13(18)14(19)8-12/h2-8H,1H3/b15-9-. The number of nitro groups is 1. The molecule has 0 aromatic heterocycles. The summed E-state index contributed by atoms with van der Waals surface area (Å²) in [4.78, 5) is 36.6. The summed E-state index contributed by atoms with van der Waals surface area (Å²) in [6.07, 6.45) is 0. The highest BCUT2D eigenvalue weighted by Gasteiger charge is 2.38. The van der Waals surface area contributed by atoms with Gasteiger partial charge in [-0.15, -0.1) is 0 Å². The zero-order valence-corrected chi connectivity index (χ0v) is 15.6. The van der Waals surface area contributed by atoms with Gasteiger partial charge < -0.3 is 0 Å². The van der Waals surface area contributed by atoms with E-state index in [0.29, 0.717) is 21.8 Å². The molecule has 2 amide bonds. The van der Waals surface area contributed by atoms with E-state index in [2.05, 4.69) is 0 Å². The highest BCUT2D eigenvalue weighted by molar-refractivity contribution is 8.19. The van der Waals surface area contributed by atoms with Gasteiger partial charge in [0.25, 0.3) is 16.8 Å². The normalized spacial score (nSPS) is 16.2. The molecule has 0 saturated carbocycles. The number of hydrogen-bond donors (Lipinski definition) is 0. The SMILES string of the molecule is C/C(=C1/SC(=O)N(c2ccc(Cl)c(Cl)c2)C1=O)c1ccc([N+](=O)[O-])cc1. The maximum absolute atomic E-state index is 12.7. The number of carbonyl (C=O) groups is 2. The van der Waals surface area contributed by atoms with Crippen molar-refractivity contribution in [1.29, 1.82) is 0 Å². The first-order valence-electron chi connectivity index (χ1n) is 7.26. The molecule has 3 rings (SSSR count). The first-order valence-corrected chi connectivity index (χ1v) is 8.84. The Kier molecular flexibility index (Phi) is 5.04. The third-order valence-electron chi connectivity index (χ3n) is 3.78. The lowest BCUT2D eigenvalue weighted by atomic mass is 10.1. The number of allylic oxidation sites excluding steroid dienone is 1. The molecule has 26 heavy (non-hydrogen) atoms. The molecule has 0 atom stereocenters. The maximum atomic E-state index is 12.7. The third kappa shape index (κ3) is 3.33. The van der Waals surface area contributed by atoms with Crippen LogP contribution in [-0.4, -0.2) is 16.1 Å². The Morgan fingerprint density at radius 1 is 1.08 bits per heavy atom. The number of imide groups is 1. The Balaban J connectivity index is 1.97. The molecule has 0 radical (unpaired) electrons. The van der Waals surface area contributed by atoms with Crippen LogP contribution < -0.4 is 4.90 Å². The van der Waals surface area contributed by atoms with Crippen molar-refractivity contribution in [3.8, 4) is 0 Å². The third-order valence-corrected chi connectivity index (χ3v) is 5.56. The smallest absolute Gasteiger partial charge is 0.268 e. The summed E-state index contributed by atoms with van der Waals surface area (Å²) in [6, 6.07) is 10.3. The fourth-order valence-corrected chi connectivity index (χ4v) is 3.61. The lowest BCUT2D eigenvalue weighted by Gasteiger charge is -2.13. The van der Waals surface area contributed by atoms with Gasteiger partial charge in [0.2, 0.25) is 0 Å². The quantitative estimate of drug-likeness (QED) is 0.378. The van der Waals surface area contributed by atoms with Crippen LogP contribution >= 0.6 is 35.0 Å². The second-order valence-corrected chi connectivity index (χ2v) is 7.14. The van der Waals surface area contributed by atoms with Crippen LogP contribution in [0.25, 0.3) is 5.57 Å². The molecule has 1 aliphatic heterocycles. The fraction of sp³-hybridized carbons (Fsp3) is 0.0588. The van der Waals surface area contributed by atoms with E-state index in [1.165, 1.54) is 30.3 Å². The summed E-state index contributed by atoms with van der Waals surface area (Å²) in [5.74, 6) is -0.478. The van der Waals surface area contributed by atoms with Gasteiger partial charge in [-0.3, -0.25) is 19.7 Å². The molecule has 1 saturated heterocycles. The minimum Gasteiger partial charge on any atom is -0.268 e. The number of benzene rings is 2. The van der Waals surface area contributed by atoms with Gasteiger partial charge in [-0.1, -0.05) is 23.2 Å². The minimum atomic E-state index is -0.503. The number of thioether (sulfide) groups is 1. The van der Waals surface area contributed by atoms with Crippen LogP contribution in [0.1, 0.15) is 12.5 Å². The van der Waals surface area contributed by atoms with Gasteiger partial charge in [0.05, 0.1) is 25.6 Å². The number of non-ortho nitro benzene ring substituents is 1. The van der Waals surface area contributed by atoms with E-state index in [1.54, 1.807) is 19.1 Å². The van der Waals surface area contributed by atoms with Crippen molar-refractivity contribution < 1.29 is 14.5 Å². The van der Waals surface area contributed by atoms with Gasteiger partial charge in [0.15, 0.2) is 0 Å². The van der Waals surface area contributed by atoms with Gasteiger partial charge in [0.1, 0.15) is 0 Å². The predicted octanol–water partition coefficient (Wildman–Crippen LogP) is 5.53. The van der Waals surface area contributed by atoms with Crippen LogP contribution in [0.2, 0.25) is 10.0 Å². The van der Waals surface area contributed by atoms with Crippen molar-refractivity contribution >= 4 is 63.1 Å². The van der Waals surface area contributed by atoms with Gasteiger partial charge >= 0.3 is 0 Å². The number of halogens is 2. The Bertz CT molecular complexity index is 973. The number of nitrogens with zero attached hydrogens (tertiary/aromatic N) is 2. The van der Waals surface area contributed by atoms with E-state index in [-0.39, 0.29) is 15.6 Å². The molecule has 0 bridgehead atoms. The van der Waals surface area contributed by atoms with E-state index < -0.39 is 16.1 Å². The van der Waals surface area contributed by atoms with Crippen LogP contribution in [-0.2, 0) is 4.79 Å². The molecule has 0 spiro atoms. The number of carbonyl (C=O) groups excluding carboxylic acids is 2. The lowest BCUT2D eigenvalue weighted by molar-refractivity contribution is -0.384. The second-order valence-electron chi connectivity index (χ2n) is 5.37. The molecular weight excluding hydrogens is 399 g/mol. The second kappa shape index (κ2) is 7.11. The van der Waals surface area contributed by atoms with Crippen molar-refractivity contribution in [1.82, 2.24) is 0 Å². The monoisotopic (exact) mass is 408 g/mol. The fourth-order valence-electron chi connectivity index (χ4n) is 2.41. The van der Waals surface area contributed by atoms with Crippen molar-refractivity contribution in [2.45, 2.75) is 6.92 Å². The van der Waals surface area contributed by atoms with Crippen LogP contribution in [0.3, 0.4) is 0 Å². The number of rotatable bonds is 3. The van der Waals surface area contributed by atoms with E-state index in [0.717, 1.165) is 16.7 Å². The molecule has 1 aliphatic rings. The minimum absolute atomic E-state index is 0.0505. The van der Waals surface area contributed by atoms with E-state index in [4.69, 9.17) is 23.2 Å². The summed E-state index contributed by atoms with van der Waals surface area (Å²) in [7, 11) is 0. The molecule has 132 valence electrons. The van der Waals surface area contributed by atoms with Gasteiger partial charge in [0, 0.05) is 12.1 Å². The number of anilines is 1.